The minimum atomic E-state index is -0.0977. The molecule has 0 fully saturated rings. The van der Waals surface area contributed by atoms with Crippen LogP contribution in [0.4, 0.5) is 5.69 Å². The van der Waals surface area contributed by atoms with E-state index in [4.69, 9.17) is 0 Å². The van der Waals surface area contributed by atoms with Crippen LogP contribution in [0.1, 0.15) is 21.6 Å². The largest absolute Gasteiger partial charge is 0.322 e. The zero-order valence-electron chi connectivity index (χ0n) is 16.0. The molecule has 0 aliphatic rings. The van der Waals surface area contributed by atoms with Gasteiger partial charge < -0.3 is 9.72 Å². The van der Waals surface area contributed by atoms with E-state index in [0.29, 0.717) is 5.56 Å². The van der Waals surface area contributed by atoms with Gasteiger partial charge in [-0.1, -0.05) is 18.2 Å². The summed E-state index contributed by atoms with van der Waals surface area (Å²) in [5.74, 6) is 1.66. The number of carbonyl (C=O) groups is 1. The third kappa shape index (κ3) is 5.02. The Morgan fingerprint density at radius 1 is 1.00 bits per heavy atom. The number of nitrogens with one attached hydrogen (secondary N) is 1. The standard InChI is InChI=1S/C23H21N3OS2/c1-28-15-17-5-9-19(10-6-17)25-23(27)18-7-11-21(12-8-18)29-16-20-14-26-13-3-2-4-22(26)24-20/h2-14H,15-16H2,1H3,(H,25,27). The minimum absolute atomic E-state index is 0.0977. The highest BCUT2D eigenvalue weighted by molar-refractivity contribution is 7.98. The Morgan fingerprint density at radius 3 is 2.52 bits per heavy atom. The molecular formula is C23H21N3OS2. The quantitative estimate of drug-likeness (QED) is 0.388. The molecule has 29 heavy (non-hydrogen) atoms. The van der Waals surface area contributed by atoms with Crippen molar-refractivity contribution in [3.63, 3.8) is 0 Å². The number of nitrogens with zero attached hydrogens (tertiary/aromatic N) is 2. The highest BCUT2D eigenvalue weighted by Crippen LogP contribution is 2.23. The van der Waals surface area contributed by atoms with Gasteiger partial charge in [-0.25, -0.2) is 4.98 Å². The van der Waals surface area contributed by atoms with E-state index in [2.05, 4.69) is 22.8 Å². The molecule has 0 atom stereocenters. The second kappa shape index (κ2) is 9.20. The normalized spacial score (nSPS) is 10.9. The third-order valence-electron chi connectivity index (χ3n) is 4.44. The van der Waals surface area contributed by atoms with Crippen LogP contribution >= 0.6 is 23.5 Å². The maximum absolute atomic E-state index is 12.5. The fourth-order valence-electron chi connectivity index (χ4n) is 2.97. The maximum atomic E-state index is 12.5. The number of hydrogen-bond donors (Lipinski definition) is 1. The summed E-state index contributed by atoms with van der Waals surface area (Å²) in [7, 11) is 0. The van der Waals surface area contributed by atoms with Crippen molar-refractivity contribution in [2.45, 2.75) is 16.4 Å². The van der Waals surface area contributed by atoms with Gasteiger partial charge in [-0.2, -0.15) is 11.8 Å². The number of aromatic nitrogens is 2. The number of hydrogen-bond acceptors (Lipinski definition) is 4. The molecule has 0 spiro atoms. The molecule has 4 rings (SSSR count). The van der Waals surface area contributed by atoms with Crippen LogP contribution in [0.15, 0.2) is 84.0 Å². The van der Waals surface area contributed by atoms with Crippen molar-refractivity contribution in [3.05, 3.63) is 95.9 Å². The van der Waals surface area contributed by atoms with Crippen LogP contribution in [-0.4, -0.2) is 21.5 Å². The van der Waals surface area contributed by atoms with Gasteiger partial charge in [0.25, 0.3) is 5.91 Å². The molecule has 0 bridgehead atoms. The molecule has 0 aliphatic heterocycles. The van der Waals surface area contributed by atoms with Gasteiger partial charge >= 0.3 is 0 Å². The lowest BCUT2D eigenvalue weighted by molar-refractivity contribution is 0.102. The van der Waals surface area contributed by atoms with E-state index in [1.165, 1.54) is 5.56 Å². The molecule has 6 heteroatoms. The first-order valence-corrected chi connectivity index (χ1v) is 11.6. The van der Waals surface area contributed by atoms with E-state index >= 15 is 0 Å². The molecule has 1 amide bonds. The number of carbonyl (C=O) groups excluding carboxylic acids is 1. The SMILES string of the molecule is CSCc1ccc(NC(=O)c2ccc(SCc3cn4ccccc4n3)cc2)cc1. The van der Waals surface area contributed by atoms with Gasteiger partial charge in [0.1, 0.15) is 5.65 Å². The zero-order valence-corrected chi connectivity index (χ0v) is 17.7. The average molecular weight is 420 g/mol. The van der Waals surface area contributed by atoms with Gasteiger partial charge in [0.05, 0.1) is 5.69 Å². The van der Waals surface area contributed by atoms with Gasteiger partial charge in [0.2, 0.25) is 0 Å². The Morgan fingerprint density at radius 2 is 1.79 bits per heavy atom. The van der Waals surface area contributed by atoms with Crippen LogP contribution in [0.5, 0.6) is 0 Å². The molecule has 1 N–H and O–H groups in total. The second-order valence-corrected chi connectivity index (χ2v) is 8.51. The summed E-state index contributed by atoms with van der Waals surface area (Å²) in [6.45, 7) is 0. The zero-order chi connectivity index (χ0) is 20.1. The molecule has 2 heterocycles. The van der Waals surface area contributed by atoms with Gasteiger partial charge in [-0.3, -0.25) is 4.79 Å². The van der Waals surface area contributed by atoms with E-state index in [1.807, 2.05) is 77.3 Å². The molecular weight excluding hydrogens is 398 g/mol. The summed E-state index contributed by atoms with van der Waals surface area (Å²) in [5.41, 5.74) is 4.70. The van der Waals surface area contributed by atoms with Crippen molar-refractivity contribution in [1.29, 1.82) is 0 Å². The van der Waals surface area contributed by atoms with Crippen molar-refractivity contribution < 1.29 is 4.79 Å². The van der Waals surface area contributed by atoms with E-state index in [9.17, 15) is 4.79 Å². The summed E-state index contributed by atoms with van der Waals surface area (Å²) in [5, 5.41) is 2.95. The number of benzene rings is 2. The van der Waals surface area contributed by atoms with Gasteiger partial charge in [-0.05, 0) is 60.4 Å². The average Bonchev–Trinajstić information content (AvgIpc) is 3.17. The number of thioether (sulfide) groups is 2. The van der Waals surface area contributed by atoms with Gasteiger partial charge in [0.15, 0.2) is 0 Å². The monoisotopic (exact) mass is 419 g/mol. The fraction of sp³-hybridized carbons (Fsp3) is 0.130. The van der Waals surface area contributed by atoms with Crippen molar-refractivity contribution in [1.82, 2.24) is 9.38 Å². The van der Waals surface area contributed by atoms with Crippen molar-refractivity contribution in [2.75, 3.05) is 11.6 Å². The lowest BCUT2D eigenvalue weighted by atomic mass is 10.2. The van der Waals surface area contributed by atoms with Crippen LogP contribution in [0, 0.1) is 0 Å². The summed E-state index contributed by atoms with van der Waals surface area (Å²) >= 11 is 3.49. The first-order valence-electron chi connectivity index (χ1n) is 9.26. The summed E-state index contributed by atoms with van der Waals surface area (Å²) in [4.78, 5) is 18.2. The molecule has 2 aromatic carbocycles. The molecule has 4 aromatic rings. The van der Waals surface area contributed by atoms with Crippen molar-refractivity contribution >= 4 is 40.8 Å². The fourth-order valence-corrected chi connectivity index (χ4v) is 4.28. The molecule has 146 valence electrons. The number of pyridine rings is 1. The highest BCUT2D eigenvalue weighted by Gasteiger charge is 2.07. The summed E-state index contributed by atoms with van der Waals surface area (Å²) in [6.07, 6.45) is 6.13. The predicted molar refractivity (Wildman–Crippen MR) is 123 cm³/mol. The molecule has 4 nitrogen and oxygen atoms in total. The van der Waals surface area contributed by atoms with Crippen LogP contribution < -0.4 is 5.32 Å². The second-order valence-electron chi connectivity index (χ2n) is 6.60. The van der Waals surface area contributed by atoms with Crippen LogP contribution in [0.25, 0.3) is 5.65 Å². The summed E-state index contributed by atoms with van der Waals surface area (Å²) < 4.78 is 2.02. The number of imidazole rings is 1. The number of anilines is 1. The van der Waals surface area contributed by atoms with E-state index < -0.39 is 0 Å². The number of rotatable bonds is 7. The molecule has 0 unspecified atom stereocenters. The smallest absolute Gasteiger partial charge is 0.255 e. The molecule has 0 aliphatic carbocycles. The lowest BCUT2D eigenvalue weighted by Gasteiger charge is -2.07. The van der Waals surface area contributed by atoms with Crippen molar-refractivity contribution in [2.24, 2.45) is 0 Å². The van der Waals surface area contributed by atoms with Crippen molar-refractivity contribution in [3.8, 4) is 0 Å². The maximum Gasteiger partial charge on any atom is 0.255 e. The number of amides is 1. The molecule has 2 aromatic heterocycles. The van der Waals surface area contributed by atoms with Crippen LogP contribution in [0.2, 0.25) is 0 Å². The van der Waals surface area contributed by atoms with E-state index in [1.54, 1.807) is 23.5 Å². The number of fused-ring (bicyclic) bond motifs is 1. The van der Waals surface area contributed by atoms with E-state index in [-0.39, 0.29) is 5.91 Å². The Balaban J connectivity index is 1.34. The lowest BCUT2D eigenvalue weighted by Crippen LogP contribution is -2.11. The Kier molecular flexibility index (Phi) is 6.22. The van der Waals surface area contributed by atoms with Gasteiger partial charge in [-0.15, -0.1) is 11.8 Å². The highest BCUT2D eigenvalue weighted by atomic mass is 32.2. The first kappa shape index (κ1) is 19.6. The van der Waals surface area contributed by atoms with Crippen LogP contribution in [-0.2, 0) is 11.5 Å². The molecule has 0 radical (unpaired) electrons. The summed E-state index contributed by atoms with van der Waals surface area (Å²) in [6, 6.07) is 21.7. The molecule has 0 saturated carbocycles. The third-order valence-corrected chi connectivity index (χ3v) is 6.11. The Bertz CT molecular complexity index is 1070. The first-order chi connectivity index (χ1) is 14.2. The van der Waals surface area contributed by atoms with Crippen LogP contribution in [0.3, 0.4) is 0 Å². The van der Waals surface area contributed by atoms with Gasteiger partial charge in [0, 0.05) is 40.0 Å². The molecule has 0 saturated heterocycles. The Labute approximate surface area is 178 Å². The van der Waals surface area contributed by atoms with E-state index in [0.717, 1.165) is 33.4 Å². The Hall–Kier alpha value is -2.70. The topological polar surface area (TPSA) is 46.4 Å². The predicted octanol–water partition coefficient (Wildman–Crippen LogP) is 5.74. The minimum Gasteiger partial charge on any atom is -0.322 e.